The van der Waals surface area contributed by atoms with Crippen LogP contribution >= 0.6 is 11.3 Å². The van der Waals surface area contributed by atoms with Crippen molar-refractivity contribution in [1.29, 1.82) is 0 Å². The highest BCUT2D eigenvalue weighted by Gasteiger charge is 2.19. The van der Waals surface area contributed by atoms with Crippen molar-refractivity contribution in [3.63, 3.8) is 0 Å². The highest BCUT2D eigenvalue weighted by molar-refractivity contribution is 7.09. The minimum Gasteiger partial charge on any atom is -0.493 e. The summed E-state index contributed by atoms with van der Waals surface area (Å²) in [5, 5.41) is 0. The number of nitrogens with one attached hydrogen (secondary N) is 1. The Balaban J connectivity index is 2.32. The number of rotatable bonds is 6. The number of thiazole rings is 1. The summed E-state index contributed by atoms with van der Waals surface area (Å²) in [4.78, 5) is 5.23. The van der Waals surface area contributed by atoms with Gasteiger partial charge in [0.25, 0.3) is 0 Å². The van der Waals surface area contributed by atoms with Gasteiger partial charge in [0.1, 0.15) is 0 Å². The third-order valence-electron chi connectivity index (χ3n) is 2.90. The molecular formula is C13H17N3O2S. The Hall–Kier alpha value is -1.63. The lowest BCUT2D eigenvalue weighted by Crippen LogP contribution is -2.29. The summed E-state index contributed by atoms with van der Waals surface area (Å²) in [6.07, 6.45) is 2.60. The molecule has 1 aromatic carbocycles. The average molecular weight is 279 g/mol. The Morgan fingerprint density at radius 3 is 2.79 bits per heavy atom. The molecule has 1 heterocycles. The summed E-state index contributed by atoms with van der Waals surface area (Å²) < 4.78 is 10.7. The predicted octanol–water partition coefficient (Wildman–Crippen LogP) is 1.91. The molecule has 1 atom stereocenters. The maximum Gasteiger partial charge on any atom is 0.165 e. The molecule has 6 heteroatoms. The topological polar surface area (TPSA) is 69.4 Å². The van der Waals surface area contributed by atoms with Crippen molar-refractivity contribution in [1.82, 2.24) is 10.4 Å². The van der Waals surface area contributed by atoms with Gasteiger partial charge in [0.15, 0.2) is 11.5 Å². The molecule has 3 N–H and O–H groups in total. The smallest absolute Gasteiger partial charge is 0.165 e. The van der Waals surface area contributed by atoms with Crippen molar-refractivity contribution < 1.29 is 9.47 Å². The van der Waals surface area contributed by atoms with Gasteiger partial charge in [0, 0.05) is 23.1 Å². The minimum atomic E-state index is -0.0505. The lowest BCUT2D eigenvalue weighted by molar-refractivity contribution is 0.346. The van der Waals surface area contributed by atoms with Crippen molar-refractivity contribution in [3.05, 3.63) is 40.3 Å². The Labute approximate surface area is 116 Å². The number of hydrogen-bond acceptors (Lipinski definition) is 6. The minimum absolute atomic E-state index is 0.0505. The number of hydrazine groups is 1. The third-order valence-corrected chi connectivity index (χ3v) is 3.70. The predicted molar refractivity (Wildman–Crippen MR) is 75.4 cm³/mol. The number of hydrogen-bond donors (Lipinski definition) is 2. The summed E-state index contributed by atoms with van der Waals surface area (Å²) in [6, 6.07) is 5.72. The summed E-state index contributed by atoms with van der Waals surface area (Å²) in [5.74, 6) is 7.08. The molecular weight excluding hydrogens is 262 g/mol. The van der Waals surface area contributed by atoms with Crippen LogP contribution in [0.15, 0.2) is 29.9 Å². The fourth-order valence-corrected chi connectivity index (χ4v) is 2.63. The zero-order chi connectivity index (χ0) is 13.7. The Morgan fingerprint density at radius 1 is 1.37 bits per heavy atom. The van der Waals surface area contributed by atoms with E-state index in [1.807, 2.05) is 29.9 Å². The van der Waals surface area contributed by atoms with Crippen LogP contribution < -0.4 is 20.7 Å². The van der Waals surface area contributed by atoms with Crippen LogP contribution in [0.5, 0.6) is 11.5 Å². The summed E-state index contributed by atoms with van der Waals surface area (Å²) in [5.41, 5.74) is 5.61. The SMILES string of the molecule is COc1cccc(C(Cc2cncs2)NN)c1OC. The van der Waals surface area contributed by atoms with E-state index in [-0.39, 0.29) is 6.04 Å². The maximum atomic E-state index is 5.67. The number of benzene rings is 1. The molecule has 2 rings (SSSR count). The average Bonchev–Trinajstić information content (AvgIpc) is 2.96. The largest absolute Gasteiger partial charge is 0.493 e. The highest BCUT2D eigenvalue weighted by Crippen LogP contribution is 2.35. The third kappa shape index (κ3) is 3.04. The molecule has 0 aliphatic heterocycles. The molecule has 2 aromatic rings. The lowest BCUT2D eigenvalue weighted by Gasteiger charge is -2.20. The molecule has 0 radical (unpaired) electrons. The van der Waals surface area contributed by atoms with Crippen molar-refractivity contribution in [3.8, 4) is 11.5 Å². The van der Waals surface area contributed by atoms with Crippen LogP contribution in [0.1, 0.15) is 16.5 Å². The van der Waals surface area contributed by atoms with Crippen LogP contribution in [-0.4, -0.2) is 19.2 Å². The number of aromatic nitrogens is 1. The van der Waals surface area contributed by atoms with Crippen molar-refractivity contribution in [2.45, 2.75) is 12.5 Å². The van der Waals surface area contributed by atoms with Gasteiger partial charge in [-0.3, -0.25) is 16.3 Å². The molecule has 0 bridgehead atoms. The standard InChI is InChI=1S/C13H17N3O2S/c1-17-12-5-3-4-10(13(12)18-2)11(16-14)6-9-7-15-8-19-9/h3-5,7-8,11,16H,6,14H2,1-2H3. The van der Waals surface area contributed by atoms with E-state index in [2.05, 4.69) is 10.4 Å². The Morgan fingerprint density at radius 2 is 2.21 bits per heavy atom. The normalized spacial score (nSPS) is 12.2. The van der Waals surface area contributed by atoms with Gasteiger partial charge in [-0.25, -0.2) is 0 Å². The Kier molecular flexibility index (Phi) is 4.73. The first-order valence-corrected chi connectivity index (χ1v) is 6.72. The first-order chi connectivity index (χ1) is 9.30. The monoisotopic (exact) mass is 279 g/mol. The van der Waals surface area contributed by atoms with E-state index in [4.69, 9.17) is 15.3 Å². The number of para-hydroxylation sites is 1. The highest BCUT2D eigenvalue weighted by atomic mass is 32.1. The lowest BCUT2D eigenvalue weighted by atomic mass is 10.0. The van der Waals surface area contributed by atoms with E-state index in [0.717, 1.165) is 16.9 Å². The first kappa shape index (κ1) is 13.8. The number of methoxy groups -OCH3 is 2. The van der Waals surface area contributed by atoms with Crippen LogP contribution in [0.2, 0.25) is 0 Å². The molecule has 0 saturated carbocycles. The van der Waals surface area contributed by atoms with Gasteiger partial charge in [0.05, 0.1) is 25.8 Å². The number of nitrogens with two attached hydrogens (primary N) is 1. The van der Waals surface area contributed by atoms with Gasteiger partial charge in [0.2, 0.25) is 0 Å². The first-order valence-electron chi connectivity index (χ1n) is 5.84. The van der Waals surface area contributed by atoms with Crippen molar-refractivity contribution in [2.75, 3.05) is 14.2 Å². The second-order valence-electron chi connectivity index (χ2n) is 3.97. The molecule has 5 nitrogen and oxygen atoms in total. The van der Waals surface area contributed by atoms with E-state index in [0.29, 0.717) is 11.5 Å². The molecule has 0 aliphatic carbocycles. The molecule has 0 saturated heterocycles. The molecule has 0 aliphatic rings. The molecule has 0 spiro atoms. The van der Waals surface area contributed by atoms with Crippen molar-refractivity contribution in [2.24, 2.45) is 5.84 Å². The summed E-state index contributed by atoms with van der Waals surface area (Å²) in [6.45, 7) is 0. The van der Waals surface area contributed by atoms with Crippen LogP contribution in [0.3, 0.4) is 0 Å². The maximum absolute atomic E-state index is 5.67. The van der Waals surface area contributed by atoms with Crippen LogP contribution in [0, 0.1) is 0 Å². The molecule has 0 amide bonds. The molecule has 1 aromatic heterocycles. The van der Waals surface area contributed by atoms with Gasteiger partial charge in [-0.2, -0.15) is 0 Å². The van der Waals surface area contributed by atoms with Crippen LogP contribution in [0.25, 0.3) is 0 Å². The summed E-state index contributed by atoms with van der Waals surface area (Å²) >= 11 is 1.61. The second-order valence-corrected chi connectivity index (χ2v) is 4.94. The van der Waals surface area contributed by atoms with Gasteiger partial charge in [-0.05, 0) is 6.07 Å². The molecule has 1 unspecified atom stereocenters. The quantitative estimate of drug-likeness (QED) is 0.624. The fourth-order valence-electron chi connectivity index (χ4n) is 1.99. The zero-order valence-corrected chi connectivity index (χ0v) is 11.7. The number of ether oxygens (including phenoxy) is 2. The molecule has 19 heavy (non-hydrogen) atoms. The number of nitrogens with zero attached hydrogens (tertiary/aromatic N) is 1. The summed E-state index contributed by atoms with van der Waals surface area (Å²) in [7, 11) is 3.25. The van der Waals surface area contributed by atoms with Gasteiger partial charge in [-0.15, -0.1) is 11.3 Å². The Bertz CT molecular complexity index is 517. The van der Waals surface area contributed by atoms with E-state index < -0.39 is 0 Å². The van der Waals surface area contributed by atoms with Gasteiger partial charge >= 0.3 is 0 Å². The zero-order valence-electron chi connectivity index (χ0n) is 10.9. The van der Waals surface area contributed by atoms with E-state index >= 15 is 0 Å². The van der Waals surface area contributed by atoms with Crippen LogP contribution in [-0.2, 0) is 6.42 Å². The van der Waals surface area contributed by atoms with Gasteiger partial charge < -0.3 is 9.47 Å². The molecule has 0 fully saturated rings. The van der Waals surface area contributed by atoms with Crippen LogP contribution in [0.4, 0.5) is 0 Å². The second kappa shape index (κ2) is 6.51. The molecule has 102 valence electrons. The van der Waals surface area contributed by atoms with Gasteiger partial charge in [-0.1, -0.05) is 12.1 Å². The van der Waals surface area contributed by atoms with E-state index in [1.54, 1.807) is 25.6 Å². The van der Waals surface area contributed by atoms with E-state index in [9.17, 15) is 0 Å². The van der Waals surface area contributed by atoms with Crippen molar-refractivity contribution >= 4 is 11.3 Å². The fraction of sp³-hybridized carbons (Fsp3) is 0.308. The van der Waals surface area contributed by atoms with E-state index in [1.165, 1.54) is 0 Å².